The molecule has 2 nitrogen and oxygen atoms in total. The molecule has 1 unspecified atom stereocenters. The second kappa shape index (κ2) is 2.97. The summed E-state index contributed by atoms with van der Waals surface area (Å²) < 4.78 is 0. The van der Waals surface area contributed by atoms with Crippen molar-refractivity contribution in [2.24, 2.45) is 5.92 Å². The van der Waals surface area contributed by atoms with Crippen LogP contribution in [0.4, 0.5) is 0 Å². The predicted molar refractivity (Wildman–Crippen MR) is 34.1 cm³/mol. The van der Waals surface area contributed by atoms with Gasteiger partial charge in [-0.3, -0.25) is 4.79 Å². The highest BCUT2D eigenvalue weighted by Crippen LogP contribution is 2.19. The first kappa shape index (κ1) is 6.75. The van der Waals surface area contributed by atoms with Crippen LogP contribution < -0.4 is 0 Å². The smallest absolute Gasteiger partial charge is 0.138 e. The molecule has 0 radical (unpaired) electrons. The number of rotatable bonds is 1. The van der Waals surface area contributed by atoms with E-state index in [2.05, 4.69) is 0 Å². The molecule has 0 bridgehead atoms. The largest absolute Gasteiger partial charge is 0.396 e. The lowest BCUT2D eigenvalue weighted by molar-refractivity contribution is -0.125. The van der Waals surface area contributed by atoms with E-state index in [1.807, 2.05) is 0 Å². The fourth-order valence-corrected chi connectivity index (χ4v) is 1.25. The Kier molecular flexibility index (Phi) is 2.22. The molecule has 1 atom stereocenters. The normalized spacial score (nSPS) is 28.6. The van der Waals surface area contributed by atoms with Gasteiger partial charge in [-0.15, -0.1) is 0 Å². The third-order valence-electron chi connectivity index (χ3n) is 1.90. The predicted octanol–water partition coefficient (Wildman–Crippen LogP) is 0.738. The van der Waals surface area contributed by atoms with Crippen LogP contribution in [-0.4, -0.2) is 17.5 Å². The van der Waals surface area contributed by atoms with Gasteiger partial charge in [0.05, 0.1) is 6.61 Å². The van der Waals surface area contributed by atoms with Crippen LogP contribution in [0, 0.1) is 5.92 Å². The zero-order valence-electron chi connectivity index (χ0n) is 5.47. The molecule has 52 valence electrons. The molecular weight excluding hydrogens is 116 g/mol. The molecule has 0 aromatic carbocycles. The van der Waals surface area contributed by atoms with Crippen LogP contribution in [0.5, 0.6) is 0 Å². The lowest BCUT2D eigenvalue weighted by Crippen LogP contribution is -2.21. The maximum Gasteiger partial charge on any atom is 0.138 e. The topological polar surface area (TPSA) is 37.3 Å². The third kappa shape index (κ3) is 1.52. The van der Waals surface area contributed by atoms with Crippen molar-refractivity contribution in [1.29, 1.82) is 0 Å². The van der Waals surface area contributed by atoms with Crippen LogP contribution in [0.25, 0.3) is 0 Å². The highest BCUT2D eigenvalue weighted by atomic mass is 16.3. The Bertz CT molecular complexity index is 109. The number of carbonyl (C=O) groups is 1. The molecule has 1 saturated carbocycles. The molecule has 1 aliphatic rings. The Labute approximate surface area is 54.9 Å². The van der Waals surface area contributed by atoms with Gasteiger partial charge in [-0.2, -0.15) is 0 Å². The maximum atomic E-state index is 10.9. The van der Waals surface area contributed by atoms with Crippen LogP contribution in [0.3, 0.4) is 0 Å². The van der Waals surface area contributed by atoms with E-state index < -0.39 is 0 Å². The lowest BCUT2D eigenvalue weighted by atomic mass is 9.89. The highest BCUT2D eigenvalue weighted by Gasteiger charge is 2.20. The van der Waals surface area contributed by atoms with E-state index in [4.69, 9.17) is 5.11 Å². The Morgan fingerprint density at radius 2 is 2.33 bits per heavy atom. The lowest BCUT2D eigenvalue weighted by Gasteiger charge is -2.17. The molecular formula is C7H12O2. The van der Waals surface area contributed by atoms with E-state index in [9.17, 15) is 4.79 Å². The summed E-state index contributed by atoms with van der Waals surface area (Å²) in [7, 11) is 0. The van der Waals surface area contributed by atoms with Crippen molar-refractivity contribution in [3.63, 3.8) is 0 Å². The summed E-state index contributed by atoms with van der Waals surface area (Å²) in [6.07, 6.45) is 3.72. The van der Waals surface area contributed by atoms with Crippen molar-refractivity contribution in [3.8, 4) is 0 Å². The van der Waals surface area contributed by atoms with E-state index >= 15 is 0 Å². The first-order valence-electron chi connectivity index (χ1n) is 3.48. The van der Waals surface area contributed by atoms with E-state index in [1.165, 1.54) is 0 Å². The zero-order chi connectivity index (χ0) is 6.69. The van der Waals surface area contributed by atoms with E-state index in [0.717, 1.165) is 19.3 Å². The Balaban J connectivity index is 2.39. The number of aliphatic hydroxyl groups excluding tert-OH is 1. The molecule has 0 amide bonds. The summed E-state index contributed by atoms with van der Waals surface area (Å²) >= 11 is 0. The summed E-state index contributed by atoms with van der Waals surface area (Å²) in [4.78, 5) is 10.9. The second-order valence-electron chi connectivity index (χ2n) is 2.59. The zero-order valence-corrected chi connectivity index (χ0v) is 5.47. The molecule has 0 aromatic rings. The molecule has 9 heavy (non-hydrogen) atoms. The van der Waals surface area contributed by atoms with Gasteiger partial charge in [-0.1, -0.05) is 6.42 Å². The monoisotopic (exact) mass is 128 g/mol. The number of hydrogen-bond acceptors (Lipinski definition) is 2. The molecule has 2 heteroatoms. The van der Waals surface area contributed by atoms with E-state index in [0.29, 0.717) is 6.42 Å². The van der Waals surface area contributed by atoms with Gasteiger partial charge in [0.2, 0.25) is 0 Å². The van der Waals surface area contributed by atoms with Crippen molar-refractivity contribution in [2.75, 3.05) is 6.61 Å². The minimum Gasteiger partial charge on any atom is -0.396 e. The van der Waals surface area contributed by atoms with Crippen molar-refractivity contribution in [1.82, 2.24) is 0 Å². The van der Waals surface area contributed by atoms with Gasteiger partial charge in [-0.25, -0.2) is 0 Å². The molecule has 0 aromatic heterocycles. The van der Waals surface area contributed by atoms with Crippen molar-refractivity contribution in [3.05, 3.63) is 0 Å². The number of aliphatic hydroxyl groups is 1. The van der Waals surface area contributed by atoms with E-state index in [-0.39, 0.29) is 18.3 Å². The molecule has 1 aliphatic carbocycles. The van der Waals surface area contributed by atoms with Gasteiger partial charge in [0.1, 0.15) is 5.78 Å². The van der Waals surface area contributed by atoms with Gasteiger partial charge >= 0.3 is 0 Å². The SMILES string of the molecule is O=C1CCCCC1CO. The van der Waals surface area contributed by atoms with Gasteiger partial charge < -0.3 is 5.11 Å². The third-order valence-corrected chi connectivity index (χ3v) is 1.90. The Morgan fingerprint density at radius 3 is 2.78 bits per heavy atom. The summed E-state index contributed by atoms with van der Waals surface area (Å²) in [6, 6.07) is 0. The maximum absolute atomic E-state index is 10.9. The Hall–Kier alpha value is -0.370. The molecule has 0 saturated heterocycles. The molecule has 1 fully saturated rings. The quantitative estimate of drug-likeness (QED) is 0.565. The van der Waals surface area contributed by atoms with Crippen molar-refractivity contribution < 1.29 is 9.90 Å². The molecule has 0 heterocycles. The van der Waals surface area contributed by atoms with Crippen molar-refractivity contribution >= 4 is 5.78 Å². The fourth-order valence-electron chi connectivity index (χ4n) is 1.25. The van der Waals surface area contributed by atoms with Crippen LogP contribution in [0.2, 0.25) is 0 Å². The van der Waals surface area contributed by atoms with E-state index in [1.54, 1.807) is 0 Å². The molecule has 0 spiro atoms. The van der Waals surface area contributed by atoms with Crippen LogP contribution in [0.1, 0.15) is 25.7 Å². The standard InChI is InChI=1S/C7H12O2/c8-5-6-3-1-2-4-7(6)9/h6,8H,1-5H2. The average molecular weight is 128 g/mol. The first-order chi connectivity index (χ1) is 4.34. The number of hydrogen-bond donors (Lipinski definition) is 1. The fraction of sp³-hybridized carbons (Fsp3) is 0.857. The minimum absolute atomic E-state index is 0.0289. The molecule has 0 aliphatic heterocycles. The van der Waals surface area contributed by atoms with Gasteiger partial charge in [-0.05, 0) is 12.8 Å². The van der Waals surface area contributed by atoms with Crippen LogP contribution >= 0.6 is 0 Å². The minimum atomic E-state index is -0.0289. The Morgan fingerprint density at radius 1 is 1.56 bits per heavy atom. The molecule has 1 rings (SSSR count). The second-order valence-corrected chi connectivity index (χ2v) is 2.59. The van der Waals surface area contributed by atoms with Gasteiger partial charge in [0.15, 0.2) is 0 Å². The molecule has 1 N–H and O–H groups in total. The summed E-state index contributed by atoms with van der Waals surface area (Å²) in [5.41, 5.74) is 0. The van der Waals surface area contributed by atoms with Crippen molar-refractivity contribution in [2.45, 2.75) is 25.7 Å². The van der Waals surface area contributed by atoms with Crippen LogP contribution in [-0.2, 0) is 4.79 Å². The van der Waals surface area contributed by atoms with Gasteiger partial charge in [0.25, 0.3) is 0 Å². The summed E-state index contributed by atoms with van der Waals surface area (Å²) in [5, 5.41) is 8.64. The number of ketones is 1. The van der Waals surface area contributed by atoms with Gasteiger partial charge in [0, 0.05) is 12.3 Å². The number of Topliss-reactive ketones (excluding diaryl/α,β-unsaturated/α-hetero) is 1. The average Bonchev–Trinajstić information content (AvgIpc) is 1.89. The van der Waals surface area contributed by atoms with Crippen LogP contribution in [0.15, 0.2) is 0 Å². The summed E-state index contributed by atoms with van der Waals surface area (Å²) in [6.45, 7) is 0.0544. The first-order valence-corrected chi connectivity index (χ1v) is 3.48. The number of carbonyl (C=O) groups excluding carboxylic acids is 1. The summed E-state index contributed by atoms with van der Waals surface area (Å²) in [5.74, 6) is 0.225. The highest BCUT2D eigenvalue weighted by molar-refractivity contribution is 5.81.